The summed E-state index contributed by atoms with van der Waals surface area (Å²) in [7, 11) is 1.81. The van der Waals surface area contributed by atoms with E-state index in [2.05, 4.69) is 5.32 Å². The van der Waals surface area contributed by atoms with Gasteiger partial charge in [-0.2, -0.15) is 0 Å². The van der Waals surface area contributed by atoms with Gasteiger partial charge in [-0.05, 0) is 18.7 Å². The van der Waals surface area contributed by atoms with Gasteiger partial charge in [-0.3, -0.25) is 4.79 Å². The van der Waals surface area contributed by atoms with E-state index >= 15 is 0 Å². The van der Waals surface area contributed by atoms with Crippen LogP contribution in [0.4, 0.5) is 0 Å². The van der Waals surface area contributed by atoms with E-state index < -0.39 is 0 Å². The molecular weight excluding hydrogens is 209 g/mol. The second-order valence-corrected chi connectivity index (χ2v) is 3.37. The summed E-state index contributed by atoms with van der Waals surface area (Å²) in [6, 6.07) is 3.47. The lowest BCUT2D eigenvalue weighted by Gasteiger charge is -2.06. The Labute approximate surface area is 86.8 Å². The zero-order valence-corrected chi connectivity index (χ0v) is 8.62. The van der Waals surface area contributed by atoms with Crippen molar-refractivity contribution in [1.82, 2.24) is 5.32 Å². The molecule has 0 radical (unpaired) electrons. The van der Waals surface area contributed by atoms with Crippen LogP contribution in [0.25, 0.3) is 0 Å². The van der Waals surface area contributed by atoms with Crippen molar-refractivity contribution < 1.29 is 4.79 Å². The van der Waals surface area contributed by atoms with Gasteiger partial charge in [0.25, 0.3) is 0 Å². The fourth-order valence-corrected chi connectivity index (χ4v) is 1.58. The number of carbonyl (C=O) groups excluding carboxylic acids is 1. The molecule has 0 saturated heterocycles. The Hall–Kier alpha value is -0.570. The fourth-order valence-electron chi connectivity index (χ4n) is 1.05. The van der Waals surface area contributed by atoms with E-state index in [1.807, 2.05) is 7.05 Å². The van der Waals surface area contributed by atoms with Gasteiger partial charge >= 0.3 is 0 Å². The first-order valence-corrected chi connectivity index (χ1v) is 4.53. The predicted molar refractivity (Wildman–Crippen MR) is 54.6 cm³/mol. The van der Waals surface area contributed by atoms with Crippen LogP contribution in [0.5, 0.6) is 0 Å². The number of hydrogen-bond acceptors (Lipinski definition) is 2. The largest absolute Gasteiger partial charge is 0.316 e. The number of hydrogen-bond donors (Lipinski definition) is 1. The van der Waals surface area contributed by atoms with Crippen molar-refractivity contribution in [2.24, 2.45) is 0 Å². The van der Waals surface area contributed by atoms with Crippen molar-refractivity contribution in [3.05, 3.63) is 33.3 Å². The van der Waals surface area contributed by atoms with Crippen LogP contribution in [-0.2, 0) is 6.54 Å². The van der Waals surface area contributed by atoms with Gasteiger partial charge in [0.15, 0.2) is 6.29 Å². The quantitative estimate of drug-likeness (QED) is 0.789. The van der Waals surface area contributed by atoms with Gasteiger partial charge in [0.1, 0.15) is 0 Å². The highest BCUT2D eigenvalue weighted by atomic mass is 35.5. The van der Waals surface area contributed by atoms with Crippen molar-refractivity contribution in [2.75, 3.05) is 7.05 Å². The van der Waals surface area contributed by atoms with Gasteiger partial charge in [-0.1, -0.05) is 29.3 Å². The van der Waals surface area contributed by atoms with Crippen molar-refractivity contribution in [1.29, 1.82) is 0 Å². The van der Waals surface area contributed by atoms with Gasteiger partial charge in [0, 0.05) is 6.54 Å². The summed E-state index contributed by atoms with van der Waals surface area (Å²) in [6.07, 6.45) is 0.670. The summed E-state index contributed by atoms with van der Waals surface area (Å²) in [4.78, 5) is 10.6. The first-order chi connectivity index (χ1) is 6.20. The topological polar surface area (TPSA) is 29.1 Å². The summed E-state index contributed by atoms with van der Waals surface area (Å²) < 4.78 is 0. The number of nitrogens with one attached hydrogen (secondary N) is 1. The number of halogens is 2. The number of aldehydes is 1. The van der Waals surface area contributed by atoms with Gasteiger partial charge in [-0.15, -0.1) is 0 Å². The molecule has 13 heavy (non-hydrogen) atoms. The van der Waals surface area contributed by atoms with Crippen LogP contribution in [0.2, 0.25) is 10.0 Å². The van der Waals surface area contributed by atoms with E-state index in [4.69, 9.17) is 23.2 Å². The van der Waals surface area contributed by atoms with Crippen LogP contribution < -0.4 is 5.32 Å². The molecular formula is C9H9Cl2NO. The second-order valence-electron chi connectivity index (χ2n) is 2.58. The average Bonchev–Trinajstić information content (AvgIpc) is 2.11. The first kappa shape index (κ1) is 10.5. The van der Waals surface area contributed by atoms with Crippen LogP contribution >= 0.6 is 23.2 Å². The SMILES string of the molecule is CNCc1ccc(Cl)c(C=O)c1Cl. The zero-order chi connectivity index (χ0) is 9.84. The third-order valence-electron chi connectivity index (χ3n) is 1.69. The first-order valence-electron chi connectivity index (χ1n) is 3.77. The molecule has 0 fully saturated rings. The van der Waals surface area contributed by atoms with Crippen molar-refractivity contribution >= 4 is 29.5 Å². The Morgan fingerprint density at radius 1 is 1.46 bits per heavy atom. The Morgan fingerprint density at radius 2 is 2.15 bits per heavy atom. The normalized spacial score (nSPS) is 10.1. The number of benzene rings is 1. The monoisotopic (exact) mass is 217 g/mol. The van der Waals surface area contributed by atoms with E-state index in [1.165, 1.54) is 0 Å². The third kappa shape index (κ3) is 2.21. The summed E-state index contributed by atoms with van der Waals surface area (Å²) in [5.41, 5.74) is 1.23. The van der Waals surface area contributed by atoms with Crippen LogP contribution in [0.3, 0.4) is 0 Å². The molecule has 0 amide bonds. The fraction of sp³-hybridized carbons (Fsp3) is 0.222. The van der Waals surface area contributed by atoms with Crippen LogP contribution in [0.1, 0.15) is 15.9 Å². The molecule has 0 unspecified atom stereocenters. The Kier molecular flexibility index (Phi) is 3.72. The zero-order valence-electron chi connectivity index (χ0n) is 7.10. The van der Waals surface area contributed by atoms with Crippen LogP contribution in [-0.4, -0.2) is 13.3 Å². The maximum Gasteiger partial charge on any atom is 0.153 e. The van der Waals surface area contributed by atoms with E-state index in [0.717, 1.165) is 5.56 Å². The van der Waals surface area contributed by atoms with Crippen molar-refractivity contribution in [2.45, 2.75) is 6.54 Å². The van der Waals surface area contributed by atoms with Gasteiger partial charge in [-0.25, -0.2) is 0 Å². The highest BCUT2D eigenvalue weighted by Gasteiger charge is 2.08. The minimum Gasteiger partial charge on any atom is -0.316 e. The van der Waals surface area contributed by atoms with E-state index in [1.54, 1.807) is 12.1 Å². The smallest absolute Gasteiger partial charge is 0.153 e. The molecule has 0 aromatic heterocycles. The summed E-state index contributed by atoms with van der Waals surface area (Å²) in [6.45, 7) is 0.622. The minimum absolute atomic E-state index is 0.357. The van der Waals surface area contributed by atoms with Gasteiger partial charge in [0.05, 0.1) is 15.6 Å². The second kappa shape index (κ2) is 4.61. The molecule has 0 heterocycles. The number of carbonyl (C=O) groups is 1. The molecule has 1 aromatic rings. The lowest BCUT2D eigenvalue weighted by atomic mass is 10.1. The third-order valence-corrected chi connectivity index (χ3v) is 2.47. The molecule has 0 saturated carbocycles. The Balaban J connectivity index is 3.19. The standard InChI is InChI=1S/C9H9Cl2NO/c1-12-4-6-2-3-8(10)7(5-13)9(6)11/h2-3,5,12H,4H2,1H3. The Morgan fingerprint density at radius 3 is 2.69 bits per heavy atom. The van der Waals surface area contributed by atoms with E-state index in [-0.39, 0.29) is 0 Å². The van der Waals surface area contributed by atoms with Crippen LogP contribution in [0.15, 0.2) is 12.1 Å². The summed E-state index contributed by atoms with van der Waals surface area (Å²) >= 11 is 11.7. The molecule has 1 rings (SSSR count). The molecule has 0 spiro atoms. The molecule has 0 bridgehead atoms. The Bertz CT molecular complexity index is 326. The van der Waals surface area contributed by atoms with Crippen LogP contribution in [0, 0.1) is 0 Å². The minimum atomic E-state index is 0.357. The molecule has 1 N–H and O–H groups in total. The molecule has 2 nitrogen and oxygen atoms in total. The molecule has 0 atom stereocenters. The maximum atomic E-state index is 10.6. The lowest BCUT2D eigenvalue weighted by Crippen LogP contribution is -2.06. The highest BCUT2D eigenvalue weighted by Crippen LogP contribution is 2.26. The lowest BCUT2D eigenvalue weighted by molar-refractivity contribution is 0.112. The van der Waals surface area contributed by atoms with Gasteiger partial charge < -0.3 is 5.32 Å². The molecule has 0 aliphatic carbocycles. The maximum absolute atomic E-state index is 10.6. The molecule has 0 aliphatic heterocycles. The van der Waals surface area contributed by atoms with E-state index in [0.29, 0.717) is 28.4 Å². The highest BCUT2D eigenvalue weighted by molar-refractivity contribution is 6.38. The summed E-state index contributed by atoms with van der Waals surface area (Å²) in [5, 5.41) is 3.77. The van der Waals surface area contributed by atoms with Crippen molar-refractivity contribution in [3.8, 4) is 0 Å². The summed E-state index contributed by atoms with van der Waals surface area (Å²) in [5.74, 6) is 0. The molecule has 4 heteroatoms. The van der Waals surface area contributed by atoms with E-state index in [9.17, 15) is 4.79 Å². The predicted octanol–water partition coefficient (Wildman–Crippen LogP) is 2.53. The van der Waals surface area contributed by atoms with Crippen molar-refractivity contribution in [3.63, 3.8) is 0 Å². The van der Waals surface area contributed by atoms with Gasteiger partial charge in [0.2, 0.25) is 0 Å². The molecule has 1 aromatic carbocycles. The average molecular weight is 218 g/mol. The molecule has 70 valence electrons. The molecule has 0 aliphatic rings. The number of rotatable bonds is 3.